The quantitative estimate of drug-likeness (QED) is 0.582. The molecule has 1 aromatic carbocycles. The van der Waals surface area contributed by atoms with Crippen molar-refractivity contribution < 1.29 is 14.3 Å². The number of likely N-dealkylation sites (tertiary alicyclic amines) is 1. The normalized spacial score (nSPS) is 17.0. The van der Waals surface area contributed by atoms with E-state index in [1.807, 2.05) is 0 Å². The molecule has 0 radical (unpaired) electrons. The SMILES string of the molecule is O=C(OCc1ccc(Cl)nc1)C1CCCN(C(=O)c2ccc(Cl)cc2)C1. The maximum Gasteiger partial charge on any atom is 0.311 e. The molecule has 1 fully saturated rings. The smallest absolute Gasteiger partial charge is 0.311 e. The Morgan fingerprint density at radius 3 is 2.62 bits per heavy atom. The molecule has 2 heterocycles. The molecule has 0 bridgehead atoms. The average Bonchev–Trinajstić information content (AvgIpc) is 2.67. The number of hydrogen-bond donors (Lipinski definition) is 0. The fourth-order valence-corrected chi connectivity index (χ4v) is 3.13. The van der Waals surface area contributed by atoms with E-state index in [0.29, 0.717) is 35.2 Å². The number of piperidine rings is 1. The monoisotopic (exact) mass is 392 g/mol. The first kappa shape index (κ1) is 18.7. The molecule has 1 aliphatic heterocycles. The minimum atomic E-state index is -0.319. The number of aromatic nitrogens is 1. The summed E-state index contributed by atoms with van der Waals surface area (Å²) in [4.78, 5) is 30.6. The van der Waals surface area contributed by atoms with Crippen molar-refractivity contribution in [3.8, 4) is 0 Å². The Kier molecular flexibility index (Phi) is 6.12. The molecular formula is C19H18Cl2N2O3. The highest BCUT2D eigenvalue weighted by Gasteiger charge is 2.30. The Morgan fingerprint density at radius 2 is 1.92 bits per heavy atom. The van der Waals surface area contributed by atoms with Crippen LogP contribution in [0.2, 0.25) is 10.2 Å². The first-order valence-corrected chi connectivity index (χ1v) is 9.10. The molecule has 2 aromatic rings. The molecule has 0 aliphatic carbocycles. The van der Waals surface area contributed by atoms with Gasteiger partial charge in [-0.05, 0) is 43.2 Å². The largest absolute Gasteiger partial charge is 0.460 e. The van der Waals surface area contributed by atoms with Gasteiger partial charge in [-0.3, -0.25) is 9.59 Å². The van der Waals surface area contributed by atoms with Gasteiger partial charge in [-0.15, -0.1) is 0 Å². The van der Waals surface area contributed by atoms with Crippen LogP contribution in [0.5, 0.6) is 0 Å². The number of ether oxygens (including phenoxy) is 1. The highest BCUT2D eigenvalue weighted by atomic mass is 35.5. The minimum Gasteiger partial charge on any atom is -0.460 e. The molecule has 0 N–H and O–H groups in total. The van der Waals surface area contributed by atoms with Crippen molar-refractivity contribution in [2.75, 3.05) is 13.1 Å². The summed E-state index contributed by atoms with van der Waals surface area (Å²) in [5.74, 6) is -0.713. The molecule has 3 rings (SSSR count). The van der Waals surface area contributed by atoms with Crippen LogP contribution in [0.15, 0.2) is 42.6 Å². The van der Waals surface area contributed by atoms with Crippen LogP contribution < -0.4 is 0 Å². The number of hydrogen-bond acceptors (Lipinski definition) is 4. The first-order valence-electron chi connectivity index (χ1n) is 8.35. The summed E-state index contributed by atoms with van der Waals surface area (Å²) in [6, 6.07) is 10.2. The number of nitrogens with zero attached hydrogens (tertiary/aromatic N) is 2. The molecule has 1 amide bonds. The lowest BCUT2D eigenvalue weighted by Crippen LogP contribution is -2.42. The molecule has 1 saturated heterocycles. The van der Waals surface area contributed by atoms with Crippen molar-refractivity contribution in [3.63, 3.8) is 0 Å². The molecule has 0 saturated carbocycles. The van der Waals surface area contributed by atoms with Gasteiger partial charge >= 0.3 is 5.97 Å². The van der Waals surface area contributed by atoms with E-state index in [2.05, 4.69) is 4.98 Å². The van der Waals surface area contributed by atoms with Crippen molar-refractivity contribution in [2.24, 2.45) is 5.92 Å². The fourth-order valence-electron chi connectivity index (χ4n) is 2.89. The number of carbonyl (C=O) groups excluding carboxylic acids is 2. The van der Waals surface area contributed by atoms with Gasteiger partial charge in [0.25, 0.3) is 5.91 Å². The maximum atomic E-state index is 12.6. The number of esters is 1. The van der Waals surface area contributed by atoms with Crippen LogP contribution in [0.4, 0.5) is 0 Å². The molecular weight excluding hydrogens is 375 g/mol. The van der Waals surface area contributed by atoms with Gasteiger partial charge in [-0.1, -0.05) is 29.3 Å². The van der Waals surface area contributed by atoms with Crippen molar-refractivity contribution in [1.29, 1.82) is 0 Å². The Morgan fingerprint density at radius 1 is 1.15 bits per heavy atom. The van der Waals surface area contributed by atoms with Crippen LogP contribution in [0.1, 0.15) is 28.8 Å². The van der Waals surface area contributed by atoms with E-state index in [0.717, 1.165) is 12.0 Å². The summed E-state index contributed by atoms with van der Waals surface area (Å²) in [7, 11) is 0. The van der Waals surface area contributed by atoms with E-state index in [-0.39, 0.29) is 24.4 Å². The predicted molar refractivity (Wildman–Crippen MR) is 99.1 cm³/mol. The lowest BCUT2D eigenvalue weighted by molar-refractivity contribution is -0.151. The van der Waals surface area contributed by atoms with Gasteiger partial charge in [-0.25, -0.2) is 4.98 Å². The van der Waals surface area contributed by atoms with Crippen LogP contribution in [0, 0.1) is 5.92 Å². The van der Waals surface area contributed by atoms with Gasteiger partial charge in [0.1, 0.15) is 11.8 Å². The van der Waals surface area contributed by atoms with Crippen LogP contribution in [0.3, 0.4) is 0 Å². The van der Waals surface area contributed by atoms with Crippen LogP contribution in [-0.4, -0.2) is 34.8 Å². The second kappa shape index (κ2) is 8.52. The zero-order valence-corrected chi connectivity index (χ0v) is 15.5. The average molecular weight is 393 g/mol. The molecule has 1 aromatic heterocycles. The van der Waals surface area contributed by atoms with Crippen molar-refractivity contribution >= 4 is 35.1 Å². The zero-order chi connectivity index (χ0) is 18.5. The predicted octanol–water partition coefficient (Wildman–Crippen LogP) is 3.98. The Bertz CT molecular complexity index is 778. The molecule has 1 aliphatic rings. The molecule has 26 heavy (non-hydrogen) atoms. The molecule has 136 valence electrons. The fraction of sp³-hybridized carbons (Fsp3) is 0.316. The Balaban J connectivity index is 1.57. The third kappa shape index (κ3) is 4.74. The summed E-state index contributed by atoms with van der Waals surface area (Å²) in [6.45, 7) is 1.14. The number of benzene rings is 1. The lowest BCUT2D eigenvalue weighted by Gasteiger charge is -2.31. The van der Waals surface area contributed by atoms with Gasteiger partial charge in [0, 0.05) is 35.4 Å². The van der Waals surface area contributed by atoms with E-state index in [4.69, 9.17) is 27.9 Å². The third-order valence-electron chi connectivity index (χ3n) is 4.30. The summed E-state index contributed by atoms with van der Waals surface area (Å²) >= 11 is 11.6. The summed E-state index contributed by atoms with van der Waals surface area (Å²) < 4.78 is 5.38. The zero-order valence-electron chi connectivity index (χ0n) is 14.0. The summed E-state index contributed by atoms with van der Waals surface area (Å²) in [6.07, 6.45) is 3.05. The summed E-state index contributed by atoms with van der Waals surface area (Å²) in [5, 5.41) is 0.974. The van der Waals surface area contributed by atoms with E-state index in [1.54, 1.807) is 47.5 Å². The second-order valence-corrected chi connectivity index (χ2v) is 7.02. The molecule has 5 nitrogen and oxygen atoms in total. The summed E-state index contributed by atoms with van der Waals surface area (Å²) in [5.41, 5.74) is 1.34. The molecule has 1 atom stereocenters. The van der Waals surface area contributed by atoms with Gasteiger partial charge in [0.2, 0.25) is 0 Å². The van der Waals surface area contributed by atoms with E-state index in [9.17, 15) is 9.59 Å². The van der Waals surface area contributed by atoms with Crippen LogP contribution >= 0.6 is 23.2 Å². The first-order chi connectivity index (χ1) is 12.5. The van der Waals surface area contributed by atoms with Gasteiger partial charge < -0.3 is 9.64 Å². The standard InChI is InChI=1S/C19H18Cl2N2O3/c20-16-6-4-14(5-7-16)18(24)23-9-1-2-15(11-23)19(25)26-12-13-3-8-17(21)22-10-13/h3-8,10,15H,1-2,9,11-12H2. The minimum absolute atomic E-state index is 0.0962. The van der Waals surface area contributed by atoms with Gasteiger partial charge in [0.15, 0.2) is 0 Å². The van der Waals surface area contributed by atoms with Crippen molar-refractivity contribution in [2.45, 2.75) is 19.4 Å². The number of amides is 1. The van der Waals surface area contributed by atoms with Crippen LogP contribution in [0.25, 0.3) is 0 Å². The highest BCUT2D eigenvalue weighted by molar-refractivity contribution is 6.30. The van der Waals surface area contributed by atoms with Crippen LogP contribution in [-0.2, 0) is 16.1 Å². The van der Waals surface area contributed by atoms with E-state index < -0.39 is 0 Å². The molecule has 1 unspecified atom stereocenters. The Labute approximate surface area is 161 Å². The maximum absolute atomic E-state index is 12.6. The molecule has 7 heteroatoms. The number of halogens is 2. The van der Waals surface area contributed by atoms with Gasteiger partial charge in [0.05, 0.1) is 5.92 Å². The number of rotatable bonds is 4. The lowest BCUT2D eigenvalue weighted by atomic mass is 9.97. The van der Waals surface area contributed by atoms with Gasteiger partial charge in [-0.2, -0.15) is 0 Å². The van der Waals surface area contributed by atoms with E-state index in [1.165, 1.54) is 0 Å². The van der Waals surface area contributed by atoms with Crippen molar-refractivity contribution in [1.82, 2.24) is 9.88 Å². The topological polar surface area (TPSA) is 59.5 Å². The Hall–Kier alpha value is -2.11. The number of carbonyl (C=O) groups is 2. The van der Waals surface area contributed by atoms with E-state index >= 15 is 0 Å². The number of pyridine rings is 1. The highest BCUT2D eigenvalue weighted by Crippen LogP contribution is 2.21. The molecule has 0 spiro atoms. The third-order valence-corrected chi connectivity index (χ3v) is 4.78. The second-order valence-electron chi connectivity index (χ2n) is 6.19. The van der Waals surface area contributed by atoms with Crippen molar-refractivity contribution in [3.05, 3.63) is 63.9 Å².